The zero-order chi connectivity index (χ0) is 20.5. The van der Waals surface area contributed by atoms with Gasteiger partial charge in [0.2, 0.25) is 0 Å². The van der Waals surface area contributed by atoms with E-state index >= 15 is 0 Å². The normalized spacial score (nSPS) is 14.8. The van der Waals surface area contributed by atoms with Crippen molar-refractivity contribution in [2.24, 2.45) is 0 Å². The number of aryl methyl sites for hydroxylation is 1. The van der Waals surface area contributed by atoms with Crippen LogP contribution in [0.2, 0.25) is 0 Å². The van der Waals surface area contributed by atoms with Crippen molar-refractivity contribution in [3.05, 3.63) is 59.2 Å². The van der Waals surface area contributed by atoms with E-state index in [2.05, 4.69) is 33.5 Å². The summed E-state index contributed by atoms with van der Waals surface area (Å²) in [6.45, 7) is 1.95. The van der Waals surface area contributed by atoms with Gasteiger partial charge < -0.3 is 10.1 Å². The van der Waals surface area contributed by atoms with Crippen LogP contribution in [0.15, 0.2) is 48.8 Å². The molecule has 4 aromatic rings. The minimum atomic E-state index is -0.237. The van der Waals surface area contributed by atoms with Gasteiger partial charge in [-0.2, -0.15) is 0 Å². The number of ether oxygens (including phenoxy) is 1. The molecule has 1 aliphatic rings. The topological polar surface area (TPSA) is 64.1 Å². The van der Waals surface area contributed by atoms with Crippen LogP contribution in [0.4, 0.5) is 11.5 Å². The molecule has 30 heavy (non-hydrogen) atoms. The van der Waals surface area contributed by atoms with Crippen LogP contribution >= 0.6 is 11.3 Å². The average molecular weight is 418 g/mol. The molecule has 5 nitrogen and oxygen atoms in total. The zero-order valence-corrected chi connectivity index (χ0v) is 17.7. The van der Waals surface area contributed by atoms with Gasteiger partial charge in [-0.3, -0.25) is 0 Å². The standard InChI is InChI=1S/C24H23N3O2S/c1-15-20-22(27-19-13-7-9-16-8-5-6-12-18(16)19)25-14-26-23(20)30-21(15)24(28)29-17-10-3-2-4-11-17/h5-9,12-14,17H,2-4,10-11H2,1H3,(H,25,26,27). The summed E-state index contributed by atoms with van der Waals surface area (Å²) in [5.74, 6) is 0.473. The van der Waals surface area contributed by atoms with E-state index in [1.807, 2.05) is 31.2 Å². The first kappa shape index (κ1) is 19.0. The highest BCUT2D eigenvalue weighted by atomic mass is 32.1. The summed E-state index contributed by atoms with van der Waals surface area (Å²) in [6, 6.07) is 14.4. The molecule has 0 unspecified atom stereocenters. The van der Waals surface area contributed by atoms with Crippen molar-refractivity contribution in [1.29, 1.82) is 0 Å². The molecule has 5 rings (SSSR count). The van der Waals surface area contributed by atoms with E-state index in [-0.39, 0.29) is 12.1 Å². The minimum absolute atomic E-state index is 0.0372. The smallest absolute Gasteiger partial charge is 0.348 e. The number of benzene rings is 2. The van der Waals surface area contributed by atoms with Crippen molar-refractivity contribution in [1.82, 2.24) is 9.97 Å². The number of esters is 1. The fraction of sp³-hybridized carbons (Fsp3) is 0.292. The number of nitrogens with one attached hydrogen (secondary N) is 1. The lowest BCUT2D eigenvalue weighted by molar-refractivity contribution is 0.0216. The number of fused-ring (bicyclic) bond motifs is 2. The van der Waals surface area contributed by atoms with Crippen LogP contribution in [-0.4, -0.2) is 22.0 Å². The van der Waals surface area contributed by atoms with E-state index in [4.69, 9.17) is 4.74 Å². The van der Waals surface area contributed by atoms with Crippen LogP contribution in [0.25, 0.3) is 21.0 Å². The Bertz CT molecular complexity index is 1220. The summed E-state index contributed by atoms with van der Waals surface area (Å²) >= 11 is 1.38. The van der Waals surface area contributed by atoms with Gasteiger partial charge in [-0.25, -0.2) is 14.8 Å². The highest BCUT2D eigenvalue weighted by Gasteiger charge is 2.24. The Morgan fingerprint density at radius 3 is 2.73 bits per heavy atom. The van der Waals surface area contributed by atoms with Crippen LogP contribution < -0.4 is 5.32 Å². The van der Waals surface area contributed by atoms with Crippen molar-refractivity contribution in [2.45, 2.75) is 45.1 Å². The molecular formula is C24H23N3O2S. The number of aromatic nitrogens is 2. The zero-order valence-electron chi connectivity index (χ0n) is 16.9. The van der Waals surface area contributed by atoms with E-state index in [0.717, 1.165) is 57.9 Å². The fourth-order valence-electron chi connectivity index (χ4n) is 4.21. The second-order valence-corrected chi connectivity index (χ2v) is 8.77. The van der Waals surface area contributed by atoms with Crippen molar-refractivity contribution < 1.29 is 9.53 Å². The van der Waals surface area contributed by atoms with E-state index in [1.54, 1.807) is 6.33 Å². The number of nitrogens with zero attached hydrogens (tertiary/aromatic N) is 2. The Morgan fingerprint density at radius 1 is 1.07 bits per heavy atom. The molecule has 6 heteroatoms. The molecule has 0 spiro atoms. The quantitative estimate of drug-likeness (QED) is 0.390. The number of rotatable bonds is 4. The first-order valence-corrected chi connectivity index (χ1v) is 11.2. The molecule has 1 aliphatic carbocycles. The maximum Gasteiger partial charge on any atom is 0.348 e. The van der Waals surface area contributed by atoms with Crippen LogP contribution in [0, 0.1) is 6.92 Å². The maximum atomic E-state index is 12.9. The molecule has 0 radical (unpaired) electrons. The van der Waals surface area contributed by atoms with Crippen LogP contribution in [0.1, 0.15) is 47.3 Å². The van der Waals surface area contributed by atoms with Crippen molar-refractivity contribution >= 4 is 49.8 Å². The van der Waals surface area contributed by atoms with Crippen LogP contribution in [0.3, 0.4) is 0 Å². The Hall–Kier alpha value is -2.99. The Kier molecular flexibility index (Phi) is 5.09. The van der Waals surface area contributed by atoms with Gasteiger partial charge in [0.25, 0.3) is 0 Å². The predicted molar refractivity (Wildman–Crippen MR) is 122 cm³/mol. The van der Waals surface area contributed by atoms with Crippen LogP contribution in [0.5, 0.6) is 0 Å². The summed E-state index contributed by atoms with van der Waals surface area (Å²) in [7, 11) is 0. The average Bonchev–Trinajstić information content (AvgIpc) is 3.12. The molecular weight excluding hydrogens is 394 g/mol. The number of hydrogen-bond acceptors (Lipinski definition) is 6. The third-order valence-corrected chi connectivity index (χ3v) is 6.96. The Labute approximate surface area is 179 Å². The molecule has 0 amide bonds. The van der Waals surface area contributed by atoms with Crippen LogP contribution in [-0.2, 0) is 4.74 Å². The molecule has 1 N–H and O–H groups in total. The molecule has 0 aliphatic heterocycles. The van der Waals surface area contributed by atoms with Gasteiger partial charge in [-0.05, 0) is 49.6 Å². The monoisotopic (exact) mass is 417 g/mol. The lowest BCUT2D eigenvalue weighted by Gasteiger charge is -2.21. The minimum Gasteiger partial charge on any atom is -0.458 e. The van der Waals surface area contributed by atoms with Gasteiger partial charge in [-0.15, -0.1) is 11.3 Å². The van der Waals surface area contributed by atoms with Gasteiger partial charge >= 0.3 is 5.97 Å². The number of anilines is 2. The lowest BCUT2D eigenvalue weighted by atomic mass is 9.98. The summed E-state index contributed by atoms with van der Waals surface area (Å²) in [5, 5.41) is 6.63. The van der Waals surface area contributed by atoms with Gasteiger partial charge in [0.05, 0.1) is 5.39 Å². The second-order valence-electron chi connectivity index (χ2n) is 7.78. The lowest BCUT2D eigenvalue weighted by Crippen LogP contribution is -2.20. The largest absolute Gasteiger partial charge is 0.458 e. The van der Waals surface area contributed by atoms with E-state index in [1.165, 1.54) is 17.8 Å². The van der Waals surface area contributed by atoms with Crippen molar-refractivity contribution in [2.75, 3.05) is 5.32 Å². The summed E-state index contributed by atoms with van der Waals surface area (Å²) in [4.78, 5) is 23.2. The third-order valence-electron chi connectivity index (χ3n) is 5.78. The number of carbonyl (C=O) groups excluding carboxylic acids is 1. The molecule has 152 valence electrons. The molecule has 0 bridgehead atoms. The summed E-state index contributed by atoms with van der Waals surface area (Å²) in [6.07, 6.45) is 7.00. The molecule has 2 aromatic heterocycles. The maximum absolute atomic E-state index is 12.9. The fourth-order valence-corrected chi connectivity index (χ4v) is 5.24. The number of hydrogen-bond donors (Lipinski definition) is 1. The van der Waals surface area contributed by atoms with Gasteiger partial charge in [0.15, 0.2) is 0 Å². The number of thiophene rings is 1. The van der Waals surface area contributed by atoms with Gasteiger partial charge in [-0.1, -0.05) is 42.8 Å². The first-order valence-electron chi connectivity index (χ1n) is 10.4. The summed E-state index contributed by atoms with van der Waals surface area (Å²) in [5.41, 5.74) is 1.85. The van der Waals surface area contributed by atoms with Gasteiger partial charge in [0, 0.05) is 11.1 Å². The second kappa shape index (κ2) is 8.03. The molecule has 2 heterocycles. The first-order chi connectivity index (χ1) is 14.7. The molecule has 1 fully saturated rings. The molecule has 2 aromatic carbocycles. The van der Waals surface area contributed by atoms with Crippen molar-refractivity contribution in [3.8, 4) is 0 Å². The van der Waals surface area contributed by atoms with E-state index < -0.39 is 0 Å². The molecule has 0 saturated heterocycles. The molecule has 1 saturated carbocycles. The number of carbonyl (C=O) groups is 1. The predicted octanol–water partition coefficient (Wildman–Crippen LogP) is 6.39. The highest BCUT2D eigenvalue weighted by Crippen LogP contribution is 2.36. The Morgan fingerprint density at radius 2 is 1.87 bits per heavy atom. The third kappa shape index (κ3) is 3.52. The SMILES string of the molecule is Cc1c(C(=O)OC2CCCCC2)sc2ncnc(Nc3cccc4ccccc34)c12. The van der Waals surface area contributed by atoms with E-state index in [9.17, 15) is 4.79 Å². The summed E-state index contributed by atoms with van der Waals surface area (Å²) < 4.78 is 5.81. The van der Waals surface area contributed by atoms with Crippen molar-refractivity contribution in [3.63, 3.8) is 0 Å². The Balaban J connectivity index is 1.50. The highest BCUT2D eigenvalue weighted by molar-refractivity contribution is 7.20. The molecule has 0 atom stereocenters. The van der Waals surface area contributed by atoms with Gasteiger partial charge in [0.1, 0.15) is 28.0 Å². The van der Waals surface area contributed by atoms with E-state index in [0.29, 0.717) is 10.7 Å².